The van der Waals surface area contributed by atoms with Crippen molar-refractivity contribution in [3.05, 3.63) is 11.6 Å². The van der Waals surface area contributed by atoms with Crippen LogP contribution in [0.4, 0.5) is 0 Å². The van der Waals surface area contributed by atoms with Gasteiger partial charge in [-0.15, -0.1) is 0 Å². The molecule has 1 unspecified atom stereocenters. The van der Waals surface area contributed by atoms with E-state index in [0.717, 1.165) is 24.7 Å². The molecule has 1 rings (SSSR count). The number of aldehydes is 1. The number of rotatable bonds is 2. The molecule has 0 saturated heterocycles. The van der Waals surface area contributed by atoms with Crippen molar-refractivity contribution in [2.24, 2.45) is 5.92 Å². The normalized spacial score (nSPS) is 25.7. The van der Waals surface area contributed by atoms with Gasteiger partial charge in [-0.2, -0.15) is 0 Å². The van der Waals surface area contributed by atoms with Gasteiger partial charge in [0.15, 0.2) is 0 Å². The lowest BCUT2D eigenvalue weighted by atomic mass is 9.87. The van der Waals surface area contributed by atoms with Crippen molar-refractivity contribution in [3.63, 3.8) is 0 Å². The van der Waals surface area contributed by atoms with E-state index in [1.807, 2.05) is 0 Å². The van der Waals surface area contributed by atoms with Crippen LogP contribution in [0.1, 0.15) is 32.6 Å². The van der Waals surface area contributed by atoms with Gasteiger partial charge in [0.05, 0.1) is 0 Å². The van der Waals surface area contributed by atoms with Crippen molar-refractivity contribution in [2.45, 2.75) is 32.6 Å². The van der Waals surface area contributed by atoms with Gasteiger partial charge in [0.2, 0.25) is 0 Å². The van der Waals surface area contributed by atoms with Crippen LogP contribution in [0, 0.1) is 5.92 Å². The summed E-state index contributed by atoms with van der Waals surface area (Å²) >= 11 is 0. The summed E-state index contributed by atoms with van der Waals surface area (Å²) in [4.78, 5) is 10.5. The molecule has 1 nitrogen and oxygen atoms in total. The Morgan fingerprint density at radius 3 is 3.10 bits per heavy atom. The molecular weight excluding hydrogens is 124 g/mol. The second kappa shape index (κ2) is 3.55. The third-order valence-corrected chi connectivity index (χ3v) is 2.24. The summed E-state index contributed by atoms with van der Waals surface area (Å²) in [7, 11) is 0. The predicted octanol–water partition coefficient (Wildman–Crippen LogP) is 2.32. The molecule has 0 aromatic rings. The first-order valence-corrected chi connectivity index (χ1v) is 4.03. The standard InChI is InChI=1S/C9H14O/c1-2-8-5-3-4-6-9(8)7-10/h6-8H,2-5H2,1H3. The lowest BCUT2D eigenvalue weighted by Gasteiger charge is -2.18. The fraction of sp³-hybridized carbons (Fsp3) is 0.667. The Labute approximate surface area is 62.1 Å². The number of carbonyl (C=O) groups excluding carboxylic acids is 1. The van der Waals surface area contributed by atoms with Crippen LogP contribution in [0.3, 0.4) is 0 Å². The van der Waals surface area contributed by atoms with Crippen LogP contribution in [0.15, 0.2) is 11.6 Å². The molecule has 56 valence electrons. The Balaban J connectivity index is 2.62. The van der Waals surface area contributed by atoms with E-state index in [1.54, 1.807) is 0 Å². The van der Waals surface area contributed by atoms with Crippen LogP contribution in [0.25, 0.3) is 0 Å². The van der Waals surface area contributed by atoms with Crippen molar-refractivity contribution in [3.8, 4) is 0 Å². The Kier molecular flexibility index (Phi) is 2.67. The Morgan fingerprint density at radius 2 is 2.60 bits per heavy atom. The first-order chi connectivity index (χ1) is 4.88. The van der Waals surface area contributed by atoms with E-state index in [0.29, 0.717) is 5.92 Å². The molecular formula is C9H14O. The van der Waals surface area contributed by atoms with E-state index < -0.39 is 0 Å². The molecule has 0 radical (unpaired) electrons. The minimum Gasteiger partial charge on any atom is -0.298 e. The maximum atomic E-state index is 10.5. The second-order valence-corrected chi connectivity index (χ2v) is 2.86. The minimum absolute atomic E-state index is 0.561. The summed E-state index contributed by atoms with van der Waals surface area (Å²) in [5, 5.41) is 0. The van der Waals surface area contributed by atoms with Gasteiger partial charge in [-0.25, -0.2) is 0 Å². The third kappa shape index (κ3) is 1.47. The van der Waals surface area contributed by atoms with Gasteiger partial charge in [0, 0.05) is 0 Å². The summed E-state index contributed by atoms with van der Waals surface area (Å²) in [6, 6.07) is 0. The van der Waals surface area contributed by atoms with Gasteiger partial charge >= 0.3 is 0 Å². The van der Waals surface area contributed by atoms with Crippen LogP contribution in [0.5, 0.6) is 0 Å². The topological polar surface area (TPSA) is 17.1 Å². The average Bonchev–Trinajstić information content (AvgIpc) is 2.04. The summed E-state index contributed by atoms with van der Waals surface area (Å²) in [6.45, 7) is 2.15. The zero-order valence-corrected chi connectivity index (χ0v) is 6.47. The Morgan fingerprint density at radius 1 is 1.80 bits per heavy atom. The van der Waals surface area contributed by atoms with Crippen LogP contribution in [0.2, 0.25) is 0 Å². The highest BCUT2D eigenvalue weighted by Gasteiger charge is 2.14. The van der Waals surface area contributed by atoms with Gasteiger partial charge in [0.25, 0.3) is 0 Å². The van der Waals surface area contributed by atoms with E-state index in [9.17, 15) is 4.79 Å². The molecule has 0 aromatic carbocycles. The first kappa shape index (κ1) is 7.52. The van der Waals surface area contributed by atoms with E-state index in [1.165, 1.54) is 12.8 Å². The van der Waals surface area contributed by atoms with E-state index in [4.69, 9.17) is 0 Å². The molecule has 1 aliphatic carbocycles. The highest BCUT2D eigenvalue weighted by Crippen LogP contribution is 2.25. The van der Waals surface area contributed by atoms with Crippen LogP contribution < -0.4 is 0 Å². The quantitative estimate of drug-likeness (QED) is 0.535. The number of hydrogen-bond acceptors (Lipinski definition) is 1. The van der Waals surface area contributed by atoms with Gasteiger partial charge < -0.3 is 0 Å². The van der Waals surface area contributed by atoms with Crippen LogP contribution in [-0.2, 0) is 4.79 Å². The molecule has 0 saturated carbocycles. The van der Waals surface area contributed by atoms with Crippen molar-refractivity contribution < 1.29 is 4.79 Å². The Bertz CT molecular complexity index is 147. The van der Waals surface area contributed by atoms with Crippen molar-refractivity contribution in [2.75, 3.05) is 0 Å². The summed E-state index contributed by atoms with van der Waals surface area (Å²) in [6.07, 6.45) is 7.80. The molecule has 0 fully saturated rings. The second-order valence-electron chi connectivity index (χ2n) is 2.86. The van der Waals surface area contributed by atoms with E-state index in [2.05, 4.69) is 13.0 Å². The van der Waals surface area contributed by atoms with E-state index in [-0.39, 0.29) is 0 Å². The maximum Gasteiger partial charge on any atom is 0.145 e. The minimum atomic E-state index is 0.561. The molecule has 0 aliphatic heterocycles. The molecule has 0 heterocycles. The maximum absolute atomic E-state index is 10.5. The van der Waals surface area contributed by atoms with Crippen LogP contribution in [-0.4, -0.2) is 6.29 Å². The summed E-state index contributed by atoms with van der Waals surface area (Å²) in [5.74, 6) is 0.561. The van der Waals surface area contributed by atoms with Crippen LogP contribution >= 0.6 is 0 Å². The summed E-state index contributed by atoms with van der Waals surface area (Å²) in [5.41, 5.74) is 1.04. The van der Waals surface area contributed by atoms with Gasteiger partial charge in [-0.3, -0.25) is 4.79 Å². The predicted molar refractivity (Wildman–Crippen MR) is 41.8 cm³/mol. The van der Waals surface area contributed by atoms with Crippen molar-refractivity contribution in [1.29, 1.82) is 0 Å². The van der Waals surface area contributed by atoms with Gasteiger partial charge in [-0.1, -0.05) is 13.0 Å². The molecule has 0 N–H and O–H groups in total. The molecule has 0 aromatic heterocycles. The molecule has 0 amide bonds. The molecule has 1 atom stereocenters. The largest absolute Gasteiger partial charge is 0.298 e. The van der Waals surface area contributed by atoms with Gasteiger partial charge in [0.1, 0.15) is 6.29 Å². The number of allylic oxidation sites excluding steroid dienone is 2. The van der Waals surface area contributed by atoms with Crippen molar-refractivity contribution in [1.82, 2.24) is 0 Å². The Hall–Kier alpha value is -0.590. The fourth-order valence-electron chi connectivity index (χ4n) is 1.55. The lowest BCUT2D eigenvalue weighted by Crippen LogP contribution is -2.08. The highest BCUT2D eigenvalue weighted by molar-refractivity contribution is 5.74. The van der Waals surface area contributed by atoms with Gasteiger partial charge in [-0.05, 0) is 37.2 Å². The highest BCUT2D eigenvalue weighted by atomic mass is 16.1. The zero-order chi connectivity index (χ0) is 7.40. The molecule has 1 aliphatic rings. The average molecular weight is 138 g/mol. The van der Waals surface area contributed by atoms with E-state index >= 15 is 0 Å². The monoisotopic (exact) mass is 138 g/mol. The zero-order valence-electron chi connectivity index (χ0n) is 6.47. The molecule has 10 heavy (non-hydrogen) atoms. The third-order valence-electron chi connectivity index (χ3n) is 2.24. The summed E-state index contributed by atoms with van der Waals surface area (Å²) < 4.78 is 0. The smallest absolute Gasteiger partial charge is 0.145 e. The SMILES string of the molecule is CCC1CCCC=C1C=O. The first-order valence-electron chi connectivity index (χ1n) is 4.03. The molecule has 0 spiro atoms. The number of hydrogen-bond donors (Lipinski definition) is 0. The number of carbonyl (C=O) groups is 1. The van der Waals surface area contributed by atoms with Crippen molar-refractivity contribution >= 4 is 6.29 Å². The molecule has 1 heteroatoms. The fourth-order valence-corrected chi connectivity index (χ4v) is 1.55. The molecule has 0 bridgehead atoms. The lowest BCUT2D eigenvalue weighted by molar-refractivity contribution is -0.105.